The fraction of sp³-hybridized carbons (Fsp3) is 0.278. The fourth-order valence-electron chi connectivity index (χ4n) is 2.28. The van der Waals surface area contributed by atoms with Crippen molar-refractivity contribution in [3.05, 3.63) is 47.6 Å². The number of rotatable bonds is 3. The molecular formula is C18H20N2O3S. The third kappa shape index (κ3) is 3.54. The quantitative estimate of drug-likeness (QED) is 0.383. The van der Waals surface area contributed by atoms with Crippen molar-refractivity contribution < 1.29 is 14.7 Å². The van der Waals surface area contributed by atoms with Crippen molar-refractivity contribution in [2.75, 3.05) is 6.54 Å². The summed E-state index contributed by atoms with van der Waals surface area (Å²) in [5.41, 5.74) is 1.18. The second-order valence-corrected chi connectivity index (χ2v) is 6.93. The highest BCUT2D eigenvalue weighted by molar-refractivity contribution is 7.80. The number of aromatic hydroxyl groups is 1. The van der Waals surface area contributed by atoms with Crippen LogP contribution in [0.25, 0.3) is 6.08 Å². The normalized spacial score (nSPS) is 17.2. The number of carbonyl (C=O) groups is 2. The van der Waals surface area contributed by atoms with Crippen molar-refractivity contribution in [2.24, 2.45) is 0 Å². The van der Waals surface area contributed by atoms with Gasteiger partial charge in [0.25, 0.3) is 11.8 Å². The van der Waals surface area contributed by atoms with Crippen LogP contribution in [0.4, 0.5) is 0 Å². The Kier molecular flexibility index (Phi) is 4.89. The molecule has 2 amide bonds. The monoisotopic (exact) mass is 344 g/mol. The van der Waals surface area contributed by atoms with Gasteiger partial charge in [0.1, 0.15) is 11.3 Å². The molecule has 6 heteroatoms. The van der Waals surface area contributed by atoms with Crippen molar-refractivity contribution in [3.8, 4) is 5.75 Å². The largest absolute Gasteiger partial charge is 0.507 e. The van der Waals surface area contributed by atoms with Gasteiger partial charge in [-0.15, -0.1) is 6.58 Å². The van der Waals surface area contributed by atoms with Gasteiger partial charge in [0, 0.05) is 12.1 Å². The highest BCUT2D eigenvalue weighted by Crippen LogP contribution is 2.29. The van der Waals surface area contributed by atoms with E-state index in [-0.39, 0.29) is 28.4 Å². The Hall–Kier alpha value is -2.47. The average molecular weight is 344 g/mol. The second kappa shape index (κ2) is 6.57. The summed E-state index contributed by atoms with van der Waals surface area (Å²) in [6.45, 7) is 9.90. The molecule has 0 spiro atoms. The number of nitrogens with one attached hydrogen (secondary N) is 1. The molecule has 0 bridgehead atoms. The zero-order chi connectivity index (χ0) is 18.1. The first-order chi connectivity index (χ1) is 11.1. The van der Waals surface area contributed by atoms with Gasteiger partial charge >= 0.3 is 0 Å². The van der Waals surface area contributed by atoms with Gasteiger partial charge in [-0.25, -0.2) is 0 Å². The van der Waals surface area contributed by atoms with Crippen LogP contribution in [-0.2, 0) is 15.0 Å². The van der Waals surface area contributed by atoms with E-state index in [1.165, 1.54) is 17.1 Å². The third-order valence-corrected chi connectivity index (χ3v) is 4.01. The van der Waals surface area contributed by atoms with E-state index in [4.69, 9.17) is 12.2 Å². The number of thiocarbonyl (C=S) groups is 1. The Labute approximate surface area is 146 Å². The summed E-state index contributed by atoms with van der Waals surface area (Å²) < 4.78 is 0. The van der Waals surface area contributed by atoms with Crippen molar-refractivity contribution in [1.29, 1.82) is 0 Å². The summed E-state index contributed by atoms with van der Waals surface area (Å²) in [6.07, 6.45) is 2.91. The molecular weight excluding hydrogens is 324 g/mol. The molecule has 2 N–H and O–H groups in total. The van der Waals surface area contributed by atoms with E-state index in [2.05, 4.69) is 11.9 Å². The van der Waals surface area contributed by atoms with Crippen LogP contribution >= 0.6 is 12.2 Å². The van der Waals surface area contributed by atoms with Crippen LogP contribution < -0.4 is 5.32 Å². The van der Waals surface area contributed by atoms with Gasteiger partial charge in [0.15, 0.2) is 5.11 Å². The first kappa shape index (κ1) is 17.9. The average Bonchev–Trinajstić information content (AvgIpc) is 2.48. The third-order valence-electron chi connectivity index (χ3n) is 3.69. The molecule has 0 atom stereocenters. The van der Waals surface area contributed by atoms with Gasteiger partial charge in [-0.3, -0.25) is 19.8 Å². The fourth-order valence-corrected chi connectivity index (χ4v) is 2.53. The maximum Gasteiger partial charge on any atom is 0.265 e. The van der Waals surface area contributed by atoms with Gasteiger partial charge < -0.3 is 5.11 Å². The predicted octanol–water partition coefficient (Wildman–Crippen LogP) is 2.50. The molecule has 2 rings (SSSR count). The molecule has 1 saturated heterocycles. The zero-order valence-electron chi connectivity index (χ0n) is 13.9. The van der Waals surface area contributed by atoms with Gasteiger partial charge in [0.2, 0.25) is 0 Å². The Bertz CT molecular complexity index is 760. The Morgan fingerprint density at radius 1 is 1.33 bits per heavy atom. The molecule has 5 nitrogen and oxygen atoms in total. The molecule has 1 heterocycles. The number of benzene rings is 1. The first-order valence-electron chi connectivity index (χ1n) is 7.48. The molecule has 0 saturated carbocycles. The Morgan fingerprint density at radius 3 is 2.58 bits per heavy atom. The Morgan fingerprint density at radius 2 is 2.00 bits per heavy atom. The number of amides is 2. The lowest BCUT2D eigenvalue weighted by Gasteiger charge is -2.28. The number of phenolic OH excluding ortho intramolecular Hbond substituents is 1. The molecule has 1 aromatic carbocycles. The summed E-state index contributed by atoms with van der Waals surface area (Å²) in [7, 11) is 0. The molecule has 0 radical (unpaired) electrons. The molecule has 1 aromatic rings. The molecule has 1 fully saturated rings. The van der Waals surface area contributed by atoms with E-state index in [1.54, 1.807) is 12.1 Å². The van der Waals surface area contributed by atoms with Gasteiger partial charge in [-0.05, 0) is 41.4 Å². The van der Waals surface area contributed by atoms with E-state index in [9.17, 15) is 14.7 Å². The van der Waals surface area contributed by atoms with Crippen LogP contribution in [0.1, 0.15) is 31.9 Å². The summed E-state index contributed by atoms with van der Waals surface area (Å²) >= 11 is 5.01. The minimum absolute atomic E-state index is 0.000444. The molecule has 1 aliphatic heterocycles. The lowest BCUT2D eigenvalue weighted by Crippen LogP contribution is -2.53. The van der Waals surface area contributed by atoms with E-state index < -0.39 is 11.8 Å². The van der Waals surface area contributed by atoms with Crippen LogP contribution in [0.15, 0.2) is 36.4 Å². The lowest BCUT2D eigenvalue weighted by atomic mass is 9.86. The summed E-state index contributed by atoms with van der Waals surface area (Å²) in [6, 6.07) is 5.15. The zero-order valence-corrected chi connectivity index (χ0v) is 14.7. The molecule has 24 heavy (non-hydrogen) atoms. The molecule has 0 unspecified atom stereocenters. The van der Waals surface area contributed by atoms with Gasteiger partial charge in [-0.1, -0.05) is 32.9 Å². The van der Waals surface area contributed by atoms with E-state index in [0.717, 1.165) is 5.56 Å². The van der Waals surface area contributed by atoms with Crippen molar-refractivity contribution in [1.82, 2.24) is 10.2 Å². The van der Waals surface area contributed by atoms with E-state index in [0.29, 0.717) is 5.56 Å². The van der Waals surface area contributed by atoms with Crippen LogP contribution in [0.3, 0.4) is 0 Å². The highest BCUT2D eigenvalue weighted by Gasteiger charge is 2.32. The van der Waals surface area contributed by atoms with Crippen molar-refractivity contribution >= 4 is 35.2 Å². The number of phenols is 1. The maximum atomic E-state index is 12.5. The lowest BCUT2D eigenvalue weighted by molar-refractivity contribution is -0.128. The Balaban J connectivity index is 2.49. The van der Waals surface area contributed by atoms with Crippen LogP contribution in [-0.4, -0.2) is 33.5 Å². The van der Waals surface area contributed by atoms with Crippen LogP contribution in [0.5, 0.6) is 5.75 Å². The molecule has 0 aromatic heterocycles. The summed E-state index contributed by atoms with van der Waals surface area (Å²) in [5.74, 6) is -1.09. The van der Waals surface area contributed by atoms with Gasteiger partial charge in [-0.2, -0.15) is 0 Å². The minimum Gasteiger partial charge on any atom is -0.507 e. The summed E-state index contributed by atoms with van der Waals surface area (Å²) in [4.78, 5) is 25.9. The van der Waals surface area contributed by atoms with Crippen molar-refractivity contribution in [3.63, 3.8) is 0 Å². The van der Waals surface area contributed by atoms with Crippen LogP contribution in [0.2, 0.25) is 0 Å². The molecule has 0 aliphatic carbocycles. The van der Waals surface area contributed by atoms with E-state index in [1.807, 2.05) is 26.8 Å². The van der Waals surface area contributed by atoms with Crippen molar-refractivity contribution in [2.45, 2.75) is 26.2 Å². The molecule has 1 aliphatic rings. The second-order valence-electron chi connectivity index (χ2n) is 6.55. The first-order valence-corrected chi connectivity index (χ1v) is 7.89. The van der Waals surface area contributed by atoms with E-state index >= 15 is 0 Å². The van der Waals surface area contributed by atoms with Crippen LogP contribution in [0, 0.1) is 0 Å². The number of carbonyl (C=O) groups excluding carboxylic acids is 2. The highest BCUT2D eigenvalue weighted by atomic mass is 32.1. The smallest absolute Gasteiger partial charge is 0.265 e. The number of hydrogen-bond acceptors (Lipinski definition) is 4. The minimum atomic E-state index is -0.578. The topological polar surface area (TPSA) is 69.6 Å². The standard InChI is InChI=1S/C18H20N2O3S/c1-5-8-20-16(23)13(15(22)19-17(20)24)10-11-9-12(18(2,3)4)6-7-14(11)21/h5-7,9-10,21H,1,8H2,2-4H3,(H,19,22,24)/b13-10+. The molecule has 126 valence electrons. The number of hydrogen-bond donors (Lipinski definition) is 2. The predicted molar refractivity (Wildman–Crippen MR) is 97.4 cm³/mol. The number of nitrogens with zero attached hydrogens (tertiary/aromatic N) is 1. The van der Waals surface area contributed by atoms with Gasteiger partial charge in [0.05, 0.1) is 0 Å². The summed E-state index contributed by atoms with van der Waals surface area (Å²) in [5, 5.41) is 12.6. The SMILES string of the molecule is C=CCN1C(=O)/C(=C/c2cc(C(C)(C)C)ccc2O)C(=O)NC1=S. The maximum absolute atomic E-state index is 12.5.